The molecule has 4 aromatic rings. The summed E-state index contributed by atoms with van der Waals surface area (Å²) in [6.07, 6.45) is -6.02. The summed E-state index contributed by atoms with van der Waals surface area (Å²) in [6.45, 7) is 0.437. The van der Waals surface area contributed by atoms with Gasteiger partial charge in [0.25, 0.3) is 11.8 Å². The van der Waals surface area contributed by atoms with Gasteiger partial charge in [-0.25, -0.2) is 28.7 Å². The fourth-order valence-corrected chi connectivity index (χ4v) is 4.95. The molecule has 4 N–H and O–H groups in total. The van der Waals surface area contributed by atoms with E-state index in [9.17, 15) is 44.7 Å². The molecule has 0 aliphatic carbocycles. The van der Waals surface area contributed by atoms with Crippen molar-refractivity contribution in [2.75, 3.05) is 63.2 Å². The van der Waals surface area contributed by atoms with E-state index < -0.39 is 55.1 Å². The van der Waals surface area contributed by atoms with Crippen LogP contribution in [0.25, 0.3) is 0 Å². The number of anilines is 2. The van der Waals surface area contributed by atoms with E-state index in [1.54, 1.807) is 6.07 Å². The van der Waals surface area contributed by atoms with E-state index in [0.717, 1.165) is 37.4 Å². The first-order valence-electron chi connectivity index (χ1n) is 16.5. The van der Waals surface area contributed by atoms with E-state index in [1.165, 1.54) is 24.3 Å². The fraction of sp³-hybridized carbons (Fsp3) is 0.353. The molecule has 22 heteroatoms. The molecule has 2 saturated heterocycles. The lowest BCUT2D eigenvalue weighted by Gasteiger charge is -2.24. The highest BCUT2D eigenvalue weighted by atomic mass is 19.4. The molecule has 2 aliphatic heterocycles. The smallest absolute Gasteiger partial charge is 0.422 e. The number of morpholine rings is 2. The molecule has 6 rings (SSSR count). The first-order chi connectivity index (χ1) is 26.6. The standard InChI is InChI=1S/2C17H16F4N4O3/c18-11-5-10(14-7-22-3-4-27-14)1-2-12(11)25-16(26)13-6-24-15(8-23-13)28-9-17(19,20)21;18-12-5-10(1-2-11(12)14-7-22-3-4-27-14)25-16(26)13-6-24-15(8-23-13)28-9-17(19,20)21/h2*1-2,5-6,8,14,22H,3-4,7,9H2,(H,25,26)/t2*14-/m11/s1. The number of benzene rings is 2. The van der Waals surface area contributed by atoms with Gasteiger partial charge in [-0.05, 0) is 29.8 Å². The predicted molar refractivity (Wildman–Crippen MR) is 179 cm³/mol. The van der Waals surface area contributed by atoms with Crippen LogP contribution in [0.1, 0.15) is 44.3 Å². The highest BCUT2D eigenvalue weighted by Crippen LogP contribution is 2.26. The summed E-state index contributed by atoms with van der Waals surface area (Å²) in [6, 6.07) is 8.49. The van der Waals surface area contributed by atoms with Crippen LogP contribution in [0, 0.1) is 11.6 Å². The molecule has 300 valence electrons. The van der Waals surface area contributed by atoms with E-state index in [2.05, 4.69) is 50.7 Å². The maximum absolute atomic E-state index is 14.3. The average Bonchev–Trinajstić information content (AvgIpc) is 3.18. The molecule has 2 aromatic carbocycles. The van der Waals surface area contributed by atoms with Crippen molar-refractivity contribution in [3.8, 4) is 11.8 Å². The molecule has 0 saturated carbocycles. The van der Waals surface area contributed by atoms with Crippen molar-refractivity contribution >= 4 is 23.2 Å². The zero-order chi connectivity index (χ0) is 40.3. The summed E-state index contributed by atoms with van der Waals surface area (Å²) in [7, 11) is 0. The number of carbonyl (C=O) groups excluding carboxylic acids is 2. The molecular weight excluding hydrogens is 768 g/mol. The van der Waals surface area contributed by atoms with Gasteiger partial charge in [0.1, 0.15) is 23.0 Å². The number of ether oxygens (including phenoxy) is 4. The van der Waals surface area contributed by atoms with Gasteiger partial charge in [0.05, 0.1) is 55.9 Å². The van der Waals surface area contributed by atoms with Crippen molar-refractivity contribution in [2.45, 2.75) is 24.6 Å². The zero-order valence-electron chi connectivity index (χ0n) is 28.8. The fourth-order valence-electron chi connectivity index (χ4n) is 4.95. The van der Waals surface area contributed by atoms with Crippen molar-refractivity contribution in [3.05, 3.63) is 95.3 Å². The molecule has 0 unspecified atom stereocenters. The number of halogens is 8. The third-order valence-corrected chi connectivity index (χ3v) is 7.56. The third kappa shape index (κ3) is 12.7. The maximum atomic E-state index is 14.3. The summed E-state index contributed by atoms with van der Waals surface area (Å²) in [5.41, 5.74) is 0.752. The minimum Gasteiger partial charge on any atom is -0.467 e. The van der Waals surface area contributed by atoms with Crippen molar-refractivity contribution in [1.29, 1.82) is 0 Å². The Morgan fingerprint density at radius 3 is 1.71 bits per heavy atom. The van der Waals surface area contributed by atoms with Crippen molar-refractivity contribution in [1.82, 2.24) is 30.6 Å². The number of amides is 2. The molecule has 4 heterocycles. The van der Waals surface area contributed by atoms with Gasteiger partial charge < -0.3 is 40.2 Å². The van der Waals surface area contributed by atoms with Gasteiger partial charge in [-0.1, -0.05) is 12.1 Å². The number of hydrogen-bond donors (Lipinski definition) is 4. The Labute approximate surface area is 312 Å². The predicted octanol–water partition coefficient (Wildman–Crippen LogP) is 4.94. The van der Waals surface area contributed by atoms with Gasteiger partial charge in [0.15, 0.2) is 13.2 Å². The first-order valence-corrected chi connectivity index (χ1v) is 16.5. The van der Waals surface area contributed by atoms with Crippen molar-refractivity contribution in [3.63, 3.8) is 0 Å². The second kappa shape index (κ2) is 18.8. The summed E-state index contributed by atoms with van der Waals surface area (Å²) in [4.78, 5) is 38.8. The lowest BCUT2D eigenvalue weighted by molar-refractivity contribution is -0.154. The van der Waals surface area contributed by atoms with E-state index in [4.69, 9.17) is 9.47 Å². The van der Waals surface area contributed by atoms with Crippen molar-refractivity contribution < 1.29 is 63.7 Å². The summed E-state index contributed by atoms with van der Waals surface area (Å²) < 4.78 is 121. The Morgan fingerprint density at radius 2 is 1.25 bits per heavy atom. The van der Waals surface area contributed by atoms with Crippen LogP contribution in [0.15, 0.2) is 61.2 Å². The third-order valence-electron chi connectivity index (χ3n) is 7.56. The lowest BCUT2D eigenvalue weighted by Crippen LogP contribution is -2.33. The van der Waals surface area contributed by atoms with E-state index in [1.807, 2.05) is 0 Å². The number of rotatable bonds is 10. The van der Waals surface area contributed by atoms with Gasteiger partial charge >= 0.3 is 12.4 Å². The number of alkyl halides is 6. The minimum absolute atomic E-state index is 0.0725. The Morgan fingerprint density at radius 1 is 0.696 bits per heavy atom. The molecule has 0 spiro atoms. The number of hydrogen-bond acceptors (Lipinski definition) is 12. The average molecular weight is 801 g/mol. The summed E-state index contributed by atoms with van der Waals surface area (Å²) in [5, 5.41) is 11.0. The molecule has 2 aromatic heterocycles. The second-order valence-electron chi connectivity index (χ2n) is 11.8. The normalized spacial score (nSPS) is 17.2. The molecule has 2 fully saturated rings. The zero-order valence-corrected chi connectivity index (χ0v) is 28.8. The Hall–Kier alpha value is -5.58. The topological polar surface area (TPSA) is 171 Å². The quantitative estimate of drug-likeness (QED) is 0.160. The molecule has 2 aliphatic rings. The Kier molecular flexibility index (Phi) is 14.0. The largest absolute Gasteiger partial charge is 0.467 e. The number of carbonyl (C=O) groups is 2. The van der Waals surface area contributed by atoms with Crippen LogP contribution in [0.5, 0.6) is 11.8 Å². The van der Waals surface area contributed by atoms with Crippen LogP contribution in [0.4, 0.5) is 46.5 Å². The lowest BCUT2D eigenvalue weighted by atomic mass is 10.1. The summed E-state index contributed by atoms with van der Waals surface area (Å²) >= 11 is 0. The maximum Gasteiger partial charge on any atom is 0.422 e. The summed E-state index contributed by atoms with van der Waals surface area (Å²) in [5.74, 6) is -3.41. The number of nitrogens with one attached hydrogen (secondary N) is 4. The molecule has 2 atom stereocenters. The second-order valence-corrected chi connectivity index (χ2v) is 11.8. The van der Waals surface area contributed by atoms with Gasteiger partial charge in [-0.2, -0.15) is 26.3 Å². The van der Waals surface area contributed by atoms with E-state index in [-0.39, 0.29) is 40.6 Å². The van der Waals surface area contributed by atoms with Gasteiger partial charge in [0, 0.05) is 37.4 Å². The van der Waals surface area contributed by atoms with Gasteiger partial charge in [-0.15, -0.1) is 0 Å². The highest BCUT2D eigenvalue weighted by Gasteiger charge is 2.30. The number of aromatic nitrogens is 4. The highest BCUT2D eigenvalue weighted by molar-refractivity contribution is 6.03. The van der Waals surface area contributed by atoms with Crippen molar-refractivity contribution in [2.24, 2.45) is 0 Å². The first kappa shape index (κ1) is 41.6. The van der Waals surface area contributed by atoms with Crippen LogP contribution in [-0.4, -0.2) is 96.7 Å². The van der Waals surface area contributed by atoms with Crippen LogP contribution in [0.2, 0.25) is 0 Å². The molecular formula is C34H32F8N8O6. The molecule has 14 nitrogen and oxygen atoms in total. The van der Waals surface area contributed by atoms with E-state index >= 15 is 0 Å². The van der Waals surface area contributed by atoms with Gasteiger partial charge in [-0.3, -0.25) is 9.59 Å². The van der Waals surface area contributed by atoms with Crippen LogP contribution in [0.3, 0.4) is 0 Å². The SMILES string of the molecule is O=C(Nc1ccc([C@H]2CNCCO2)c(F)c1)c1cnc(OCC(F)(F)F)cn1.O=C(Nc1ccc([C@H]2CNCCO2)cc1F)c1cnc(OCC(F)(F)F)cn1. The van der Waals surface area contributed by atoms with Crippen LogP contribution < -0.4 is 30.7 Å². The molecule has 0 radical (unpaired) electrons. The minimum atomic E-state index is -4.51. The van der Waals surface area contributed by atoms with Crippen LogP contribution in [-0.2, 0) is 9.47 Å². The molecule has 56 heavy (non-hydrogen) atoms. The Bertz CT molecular complexity index is 1930. The monoisotopic (exact) mass is 800 g/mol. The van der Waals surface area contributed by atoms with E-state index in [0.29, 0.717) is 44.0 Å². The number of nitrogens with zero attached hydrogens (tertiary/aromatic N) is 4. The Balaban J connectivity index is 0.000000214. The molecule has 2 amide bonds. The van der Waals surface area contributed by atoms with Crippen LogP contribution >= 0.6 is 0 Å². The molecule has 0 bridgehead atoms. The van der Waals surface area contributed by atoms with Gasteiger partial charge in [0.2, 0.25) is 11.8 Å².